The van der Waals surface area contributed by atoms with Gasteiger partial charge in [-0.15, -0.1) is 0 Å². The molecule has 0 radical (unpaired) electrons. The van der Waals surface area contributed by atoms with Crippen LogP contribution in [0.15, 0.2) is 60.8 Å². The molecule has 0 amide bonds. The Morgan fingerprint density at radius 3 is 2.44 bits per heavy atom. The van der Waals surface area contributed by atoms with E-state index in [1.165, 1.54) is 19.4 Å². The summed E-state index contributed by atoms with van der Waals surface area (Å²) in [5.74, 6) is -1.86. The molecule has 0 spiro atoms. The maximum Gasteiger partial charge on any atom is 0.258 e. The molecule has 2 aromatic carbocycles. The van der Waals surface area contributed by atoms with Crippen molar-refractivity contribution < 1.29 is 27.7 Å². The van der Waals surface area contributed by atoms with Crippen LogP contribution in [0.25, 0.3) is 11.0 Å². The van der Waals surface area contributed by atoms with Crippen molar-refractivity contribution in [1.82, 2.24) is 9.97 Å². The third kappa shape index (κ3) is 5.32. The van der Waals surface area contributed by atoms with Gasteiger partial charge in [0.15, 0.2) is 28.9 Å². The molecule has 4 aromatic rings. The van der Waals surface area contributed by atoms with E-state index in [0.717, 1.165) is 17.7 Å². The van der Waals surface area contributed by atoms with E-state index in [2.05, 4.69) is 9.97 Å². The second-order valence-corrected chi connectivity index (χ2v) is 7.52. The van der Waals surface area contributed by atoms with Crippen molar-refractivity contribution in [2.45, 2.75) is 19.6 Å². The molecule has 4 rings (SSSR count). The second kappa shape index (κ2) is 10.3. The molecule has 2 N–H and O–H groups in total. The molecule has 0 unspecified atom stereocenters. The van der Waals surface area contributed by atoms with Crippen LogP contribution in [0.4, 0.5) is 14.5 Å². The summed E-state index contributed by atoms with van der Waals surface area (Å²) in [6.07, 6.45) is 1.07. The topological polar surface area (TPSA) is 88.7 Å². The third-order valence-corrected chi connectivity index (χ3v) is 4.84. The number of aromatic nitrogens is 2. The van der Waals surface area contributed by atoms with Crippen LogP contribution < -0.4 is 19.9 Å². The van der Waals surface area contributed by atoms with Gasteiger partial charge < -0.3 is 24.7 Å². The molecular formula is C25H23F2N3O4. The number of fused-ring (bicyclic) bond motifs is 1. The molecular weight excluding hydrogens is 444 g/mol. The van der Waals surface area contributed by atoms with E-state index in [1.807, 2.05) is 37.3 Å². The van der Waals surface area contributed by atoms with Crippen molar-refractivity contribution in [3.63, 3.8) is 0 Å². The van der Waals surface area contributed by atoms with Gasteiger partial charge in [0.25, 0.3) is 5.88 Å². The van der Waals surface area contributed by atoms with Crippen molar-refractivity contribution in [3.05, 3.63) is 78.0 Å². The lowest BCUT2D eigenvalue weighted by molar-refractivity contribution is 0.0461. The Balaban J connectivity index is 1.56. The standard InChI is InChI=1S/C25H23F2N3O4/c1-15(13-32-14-16-6-4-3-5-7-16)33-25-22(31-2)12-20-23(30-25)21(8-9-29-20)34-24-18(26)10-17(28)11-19(24)27/h3-12,15H,13-14,28H2,1-2H3/t15-/m0/s1. The summed E-state index contributed by atoms with van der Waals surface area (Å²) in [6.45, 7) is 2.57. The summed E-state index contributed by atoms with van der Waals surface area (Å²) in [7, 11) is 1.48. The van der Waals surface area contributed by atoms with Gasteiger partial charge in [0, 0.05) is 36.1 Å². The normalized spacial score (nSPS) is 11.9. The van der Waals surface area contributed by atoms with Crippen LogP contribution in [0.5, 0.6) is 23.1 Å². The zero-order valence-corrected chi connectivity index (χ0v) is 18.6. The lowest BCUT2D eigenvalue weighted by Crippen LogP contribution is -2.20. The van der Waals surface area contributed by atoms with Gasteiger partial charge >= 0.3 is 0 Å². The van der Waals surface area contributed by atoms with Crippen molar-refractivity contribution in [2.24, 2.45) is 0 Å². The van der Waals surface area contributed by atoms with Crippen molar-refractivity contribution >= 4 is 16.7 Å². The molecule has 9 heteroatoms. The number of anilines is 1. The number of nitrogens with zero attached hydrogens (tertiary/aromatic N) is 2. The zero-order valence-electron chi connectivity index (χ0n) is 18.6. The molecule has 176 valence electrons. The molecule has 0 saturated carbocycles. The molecule has 0 aliphatic carbocycles. The van der Waals surface area contributed by atoms with Crippen LogP contribution >= 0.6 is 0 Å². The Hall–Kier alpha value is -3.98. The third-order valence-electron chi connectivity index (χ3n) is 4.84. The van der Waals surface area contributed by atoms with E-state index < -0.39 is 17.4 Å². The first-order chi connectivity index (χ1) is 16.4. The minimum Gasteiger partial charge on any atom is -0.491 e. The minimum absolute atomic E-state index is 0.0519. The fourth-order valence-electron chi connectivity index (χ4n) is 3.25. The van der Waals surface area contributed by atoms with E-state index in [0.29, 0.717) is 24.5 Å². The van der Waals surface area contributed by atoms with Gasteiger partial charge in [0.2, 0.25) is 0 Å². The smallest absolute Gasteiger partial charge is 0.258 e. The predicted octanol–water partition coefficient (Wildman–Crippen LogP) is 5.28. The molecule has 1 atom stereocenters. The fraction of sp³-hybridized carbons (Fsp3) is 0.200. The highest BCUT2D eigenvalue weighted by atomic mass is 19.1. The first-order valence-corrected chi connectivity index (χ1v) is 10.5. The first-order valence-electron chi connectivity index (χ1n) is 10.5. The van der Waals surface area contributed by atoms with Crippen LogP contribution in [0.1, 0.15) is 12.5 Å². The van der Waals surface area contributed by atoms with Gasteiger partial charge in [0.05, 0.1) is 25.8 Å². The molecule has 2 aromatic heterocycles. The number of benzene rings is 2. The molecule has 7 nitrogen and oxygen atoms in total. The fourth-order valence-corrected chi connectivity index (χ4v) is 3.25. The van der Waals surface area contributed by atoms with Gasteiger partial charge in [-0.1, -0.05) is 30.3 Å². The average Bonchev–Trinajstić information content (AvgIpc) is 2.81. The van der Waals surface area contributed by atoms with E-state index in [4.69, 9.17) is 24.7 Å². The van der Waals surface area contributed by atoms with E-state index in [9.17, 15) is 8.78 Å². The van der Waals surface area contributed by atoms with Crippen LogP contribution in [-0.2, 0) is 11.3 Å². The molecule has 0 fully saturated rings. The summed E-state index contributed by atoms with van der Waals surface area (Å²) in [6, 6.07) is 14.8. The van der Waals surface area contributed by atoms with Gasteiger partial charge in [0.1, 0.15) is 11.6 Å². The second-order valence-electron chi connectivity index (χ2n) is 7.52. The van der Waals surface area contributed by atoms with Crippen molar-refractivity contribution in [2.75, 3.05) is 19.5 Å². The number of rotatable bonds is 9. The number of methoxy groups -OCH3 is 1. The van der Waals surface area contributed by atoms with Crippen LogP contribution in [0, 0.1) is 11.6 Å². The summed E-state index contributed by atoms with van der Waals surface area (Å²) in [5.41, 5.74) is 7.11. The van der Waals surface area contributed by atoms with E-state index in [1.54, 1.807) is 6.07 Å². The number of nitrogen functional groups attached to an aromatic ring is 1. The first kappa shape index (κ1) is 23.2. The number of hydrogen-bond acceptors (Lipinski definition) is 7. The number of halogens is 2. The summed E-state index contributed by atoms with van der Waals surface area (Å²) < 4.78 is 51.1. The molecule has 34 heavy (non-hydrogen) atoms. The molecule has 2 heterocycles. The zero-order chi connectivity index (χ0) is 24.1. The Morgan fingerprint density at radius 2 is 1.74 bits per heavy atom. The lowest BCUT2D eigenvalue weighted by Gasteiger charge is -2.17. The Kier molecular flexibility index (Phi) is 7.03. The largest absolute Gasteiger partial charge is 0.491 e. The molecule has 0 aliphatic rings. The minimum atomic E-state index is -0.934. The summed E-state index contributed by atoms with van der Waals surface area (Å²) in [5, 5.41) is 0. The predicted molar refractivity (Wildman–Crippen MR) is 123 cm³/mol. The number of pyridine rings is 2. The van der Waals surface area contributed by atoms with Gasteiger partial charge in [-0.25, -0.2) is 13.8 Å². The Morgan fingerprint density at radius 1 is 1.00 bits per heavy atom. The maximum atomic E-state index is 14.3. The van der Waals surface area contributed by atoms with Crippen molar-refractivity contribution in [3.8, 4) is 23.1 Å². The van der Waals surface area contributed by atoms with Gasteiger partial charge in [-0.2, -0.15) is 0 Å². The summed E-state index contributed by atoms with van der Waals surface area (Å²) in [4.78, 5) is 8.71. The van der Waals surface area contributed by atoms with Crippen LogP contribution in [-0.4, -0.2) is 29.8 Å². The van der Waals surface area contributed by atoms with Crippen LogP contribution in [0.3, 0.4) is 0 Å². The van der Waals surface area contributed by atoms with Crippen molar-refractivity contribution in [1.29, 1.82) is 0 Å². The molecule has 0 aliphatic heterocycles. The number of hydrogen-bond donors (Lipinski definition) is 1. The van der Waals surface area contributed by atoms with Gasteiger partial charge in [-0.05, 0) is 12.5 Å². The summed E-state index contributed by atoms with van der Waals surface area (Å²) >= 11 is 0. The number of ether oxygens (including phenoxy) is 4. The maximum absolute atomic E-state index is 14.3. The molecule has 0 bridgehead atoms. The SMILES string of the molecule is COc1cc2nccc(Oc3c(F)cc(N)cc3F)c2nc1O[C@@H](C)COCc1ccccc1. The van der Waals surface area contributed by atoms with E-state index in [-0.39, 0.29) is 28.9 Å². The number of nitrogens with two attached hydrogens (primary N) is 1. The highest BCUT2D eigenvalue weighted by Gasteiger charge is 2.19. The lowest BCUT2D eigenvalue weighted by atomic mass is 10.2. The Bertz CT molecular complexity index is 1270. The Labute approximate surface area is 195 Å². The highest BCUT2D eigenvalue weighted by molar-refractivity contribution is 5.83. The van der Waals surface area contributed by atoms with Gasteiger partial charge in [-0.3, -0.25) is 4.98 Å². The average molecular weight is 467 g/mol. The van der Waals surface area contributed by atoms with E-state index >= 15 is 0 Å². The highest BCUT2D eigenvalue weighted by Crippen LogP contribution is 2.36. The van der Waals surface area contributed by atoms with Crippen LogP contribution in [0.2, 0.25) is 0 Å². The quantitative estimate of drug-likeness (QED) is 0.335. The molecule has 0 saturated heterocycles. The monoisotopic (exact) mass is 467 g/mol.